The van der Waals surface area contributed by atoms with Crippen molar-refractivity contribution < 1.29 is 0 Å². The van der Waals surface area contributed by atoms with Gasteiger partial charge in [-0.05, 0) is 36.6 Å². The van der Waals surface area contributed by atoms with Crippen LogP contribution in [-0.4, -0.2) is 24.5 Å². The highest BCUT2D eigenvalue weighted by molar-refractivity contribution is 5.30. The molecule has 0 saturated carbocycles. The molecule has 2 nitrogen and oxygen atoms in total. The van der Waals surface area contributed by atoms with Gasteiger partial charge in [-0.25, -0.2) is 0 Å². The molecular weight excluding hydrogens is 184 g/mol. The van der Waals surface area contributed by atoms with Gasteiger partial charge in [-0.3, -0.25) is 0 Å². The molecule has 2 heteroatoms. The minimum Gasteiger partial charge on any atom is -0.326 e. The Morgan fingerprint density at radius 1 is 1.33 bits per heavy atom. The van der Waals surface area contributed by atoms with Crippen LogP contribution >= 0.6 is 0 Å². The molecule has 0 aliphatic carbocycles. The first-order chi connectivity index (χ1) is 7.31. The molecule has 2 rings (SSSR count). The quantitative estimate of drug-likeness (QED) is 0.812. The molecule has 0 bridgehead atoms. The molecule has 2 N–H and O–H groups in total. The van der Waals surface area contributed by atoms with Gasteiger partial charge >= 0.3 is 0 Å². The Bertz CT molecular complexity index is 318. The van der Waals surface area contributed by atoms with Gasteiger partial charge < -0.3 is 10.6 Å². The molecule has 1 aromatic rings. The molecule has 1 fully saturated rings. The first-order valence-corrected chi connectivity index (χ1v) is 5.81. The normalized spacial score (nSPS) is 18.5. The Morgan fingerprint density at radius 3 is 2.67 bits per heavy atom. The first kappa shape index (κ1) is 10.7. The maximum absolute atomic E-state index is 5.75. The molecule has 1 aromatic carbocycles. The van der Waals surface area contributed by atoms with Crippen molar-refractivity contribution >= 4 is 0 Å². The van der Waals surface area contributed by atoms with Crippen LogP contribution in [-0.2, 0) is 6.54 Å². The van der Waals surface area contributed by atoms with Crippen LogP contribution in [0.5, 0.6) is 0 Å². The van der Waals surface area contributed by atoms with E-state index in [0.717, 1.165) is 0 Å². The van der Waals surface area contributed by atoms with Crippen LogP contribution in [0.4, 0.5) is 0 Å². The highest BCUT2D eigenvalue weighted by atomic mass is 15.2. The maximum atomic E-state index is 5.75. The van der Waals surface area contributed by atoms with E-state index >= 15 is 0 Å². The van der Waals surface area contributed by atoms with Crippen molar-refractivity contribution in [2.45, 2.75) is 25.8 Å². The molecule has 1 aliphatic rings. The van der Waals surface area contributed by atoms with Crippen molar-refractivity contribution in [1.82, 2.24) is 4.90 Å². The first-order valence-electron chi connectivity index (χ1n) is 5.81. The predicted octanol–water partition coefficient (Wildman–Crippen LogP) is 1.95. The van der Waals surface area contributed by atoms with Gasteiger partial charge in [-0.2, -0.15) is 0 Å². The van der Waals surface area contributed by atoms with Gasteiger partial charge in [0.15, 0.2) is 0 Å². The van der Waals surface area contributed by atoms with Crippen LogP contribution in [0, 0.1) is 0 Å². The molecule has 0 radical (unpaired) electrons. The SMILES string of the molecule is CC(CN1CCC1)c1ccccc1CN. The van der Waals surface area contributed by atoms with Crippen LogP contribution in [0.3, 0.4) is 0 Å². The van der Waals surface area contributed by atoms with Crippen molar-refractivity contribution in [3.63, 3.8) is 0 Å². The second kappa shape index (κ2) is 4.77. The summed E-state index contributed by atoms with van der Waals surface area (Å²) in [7, 11) is 0. The number of nitrogens with zero attached hydrogens (tertiary/aromatic N) is 1. The number of benzene rings is 1. The lowest BCUT2D eigenvalue weighted by molar-refractivity contribution is 0.172. The standard InChI is InChI=1S/C13H20N2/c1-11(10-15-7-4-8-15)13-6-3-2-5-12(13)9-14/h2-3,5-6,11H,4,7-10,14H2,1H3. The number of hydrogen-bond donors (Lipinski definition) is 1. The molecule has 0 amide bonds. The predicted molar refractivity (Wildman–Crippen MR) is 63.8 cm³/mol. The van der Waals surface area contributed by atoms with Gasteiger partial charge in [-0.1, -0.05) is 31.2 Å². The summed E-state index contributed by atoms with van der Waals surface area (Å²) in [6, 6.07) is 8.54. The molecule has 1 saturated heterocycles. The molecule has 1 unspecified atom stereocenters. The van der Waals surface area contributed by atoms with E-state index in [9.17, 15) is 0 Å². The molecular formula is C13H20N2. The summed E-state index contributed by atoms with van der Waals surface area (Å²) in [5.74, 6) is 0.602. The van der Waals surface area contributed by atoms with E-state index in [1.54, 1.807) is 0 Å². The molecule has 0 spiro atoms. The van der Waals surface area contributed by atoms with Gasteiger partial charge in [-0.15, -0.1) is 0 Å². The zero-order chi connectivity index (χ0) is 10.7. The Morgan fingerprint density at radius 2 is 2.07 bits per heavy atom. The third-order valence-corrected chi connectivity index (χ3v) is 3.29. The summed E-state index contributed by atoms with van der Waals surface area (Å²) in [4.78, 5) is 2.51. The minimum atomic E-state index is 0.602. The van der Waals surface area contributed by atoms with Crippen molar-refractivity contribution in [3.05, 3.63) is 35.4 Å². The van der Waals surface area contributed by atoms with Crippen molar-refractivity contribution in [3.8, 4) is 0 Å². The topological polar surface area (TPSA) is 29.3 Å². The van der Waals surface area contributed by atoms with E-state index in [0.29, 0.717) is 12.5 Å². The minimum absolute atomic E-state index is 0.602. The fraction of sp³-hybridized carbons (Fsp3) is 0.538. The zero-order valence-corrected chi connectivity index (χ0v) is 9.45. The molecule has 15 heavy (non-hydrogen) atoms. The molecule has 1 atom stereocenters. The average molecular weight is 204 g/mol. The highest BCUT2D eigenvalue weighted by Gasteiger charge is 2.18. The molecule has 82 valence electrons. The van der Waals surface area contributed by atoms with Crippen LogP contribution in [0.1, 0.15) is 30.4 Å². The van der Waals surface area contributed by atoms with Gasteiger partial charge in [0.2, 0.25) is 0 Å². The van der Waals surface area contributed by atoms with Gasteiger partial charge in [0.1, 0.15) is 0 Å². The summed E-state index contributed by atoms with van der Waals surface area (Å²) in [5, 5.41) is 0. The van der Waals surface area contributed by atoms with Crippen LogP contribution in [0.25, 0.3) is 0 Å². The monoisotopic (exact) mass is 204 g/mol. The largest absolute Gasteiger partial charge is 0.326 e. The van der Waals surface area contributed by atoms with E-state index in [1.165, 1.54) is 37.2 Å². The van der Waals surface area contributed by atoms with Crippen LogP contribution in [0.2, 0.25) is 0 Å². The summed E-state index contributed by atoms with van der Waals surface area (Å²) in [6.07, 6.45) is 1.37. The van der Waals surface area contributed by atoms with Crippen LogP contribution in [0.15, 0.2) is 24.3 Å². The third-order valence-electron chi connectivity index (χ3n) is 3.29. The maximum Gasteiger partial charge on any atom is 0.0180 e. The second-order valence-electron chi connectivity index (χ2n) is 4.46. The van der Waals surface area contributed by atoms with Gasteiger partial charge in [0.25, 0.3) is 0 Å². The van der Waals surface area contributed by atoms with Gasteiger partial charge in [0.05, 0.1) is 0 Å². The lowest BCUT2D eigenvalue weighted by Gasteiger charge is -2.33. The van der Waals surface area contributed by atoms with E-state index in [-0.39, 0.29) is 0 Å². The lowest BCUT2D eigenvalue weighted by Crippen LogP contribution is -2.39. The fourth-order valence-corrected chi connectivity index (χ4v) is 2.25. The lowest BCUT2D eigenvalue weighted by atomic mass is 9.94. The number of nitrogens with two attached hydrogens (primary N) is 1. The van der Waals surface area contributed by atoms with E-state index in [4.69, 9.17) is 5.73 Å². The second-order valence-corrected chi connectivity index (χ2v) is 4.46. The van der Waals surface area contributed by atoms with E-state index < -0.39 is 0 Å². The Labute approximate surface area is 92.1 Å². The third kappa shape index (κ3) is 2.39. The summed E-state index contributed by atoms with van der Waals surface area (Å²) in [5.41, 5.74) is 8.47. The number of hydrogen-bond acceptors (Lipinski definition) is 2. The summed E-state index contributed by atoms with van der Waals surface area (Å²) >= 11 is 0. The van der Waals surface area contributed by atoms with Gasteiger partial charge in [0, 0.05) is 13.1 Å². The molecule has 1 heterocycles. The summed E-state index contributed by atoms with van der Waals surface area (Å²) in [6.45, 7) is 6.68. The van der Waals surface area contributed by atoms with Crippen molar-refractivity contribution in [2.75, 3.05) is 19.6 Å². The van der Waals surface area contributed by atoms with Crippen LogP contribution < -0.4 is 5.73 Å². The fourth-order valence-electron chi connectivity index (χ4n) is 2.25. The highest BCUT2D eigenvalue weighted by Crippen LogP contribution is 2.22. The number of rotatable bonds is 4. The van der Waals surface area contributed by atoms with Crippen molar-refractivity contribution in [1.29, 1.82) is 0 Å². The smallest absolute Gasteiger partial charge is 0.0180 e. The Balaban J connectivity index is 2.05. The molecule has 0 aromatic heterocycles. The molecule has 1 aliphatic heterocycles. The summed E-state index contributed by atoms with van der Waals surface area (Å²) < 4.78 is 0. The Hall–Kier alpha value is -0.860. The zero-order valence-electron chi connectivity index (χ0n) is 9.45. The van der Waals surface area contributed by atoms with E-state index in [2.05, 4.69) is 36.1 Å². The number of likely N-dealkylation sites (tertiary alicyclic amines) is 1. The average Bonchev–Trinajstić information content (AvgIpc) is 2.23. The van der Waals surface area contributed by atoms with E-state index in [1.807, 2.05) is 0 Å². The Kier molecular flexibility index (Phi) is 3.39. The van der Waals surface area contributed by atoms with Crippen molar-refractivity contribution in [2.24, 2.45) is 5.73 Å².